The first-order valence-electron chi connectivity index (χ1n) is 6.49. The number of imidazole rings is 1. The first-order valence-corrected chi connectivity index (χ1v) is 6.49. The number of aryl methyl sites for hydroxylation is 1. The topological polar surface area (TPSA) is 80.5 Å². The minimum Gasteiger partial charge on any atom is -0.368 e. The van der Waals surface area contributed by atoms with Crippen LogP contribution in [0.2, 0.25) is 0 Å². The Morgan fingerprint density at radius 1 is 1.15 bits per heavy atom. The molecule has 0 amide bonds. The van der Waals surface area contributed by atoms with Gasteiger partial charge in [-0.05, 0) is 12.0 Å². The number of nitrogens with zero attached hydrogens (tertiary/aromatic N) is 3. The average molecular weight is 265 g/mol. The molecule has 5 heteroatoms. The summed E-state index contributed by atoms with van der Waals surface area (Å²) in [5.74, 6) is 0.995. The Balaban J connectivity index is 2.13. The van der Waals surface area contributed by atoms with Crippen LogP contribution in [0.4, 0.5) is 5.95 Å². The summed E-state index contributed by atoms with van der Waals surface area (Å²) >= 11 is 0. The van der Waals surface area contributed by atoms with Crippen molar-refractivity contribution in [3.05, 3.63) is 48.4 Å². The predicted octanol–water partition coefficient (Wildman–Crippen LogP) is 2.68. The van der Waals surface area contributed by atoms with E-state index in [2.05, 4.69) is 39.0 Å². The van der Waals surface area contributed by atoms with Crippen molar-refractivity contribution in [2.45, 2.75) is 13.3 Å². The number of hydrogen-bond donors (Lipinski definition) is 2. The molecule has 0 unspecified atom stereocenters. The van der Waals surface area contributed by atoms with Crippen LogP contribution in [0.3, 0.4) is 0 Å². The first-order chi connectivity index (χ1) is 9.78. The van der Waals surface area contributed by atoms with Gasteiger partial charge in [-0.25, -0.2) is 15.0 Å². The number of rotatable bonds is 3. The maximum absolute atomic E-state index is 5.72. The van der Waals surface area contributed by atoms with Gasteiger partial charge >= 0.3 is 0 Å². The van der Waals surface area contributed by atoms with Crippen LogP contribution in [0.25, 0.3) is 22.6 Å². The number of anilines is 1. The summed E-state index contributed by atoms with van der Waals surface area (Å²) in [6.45, 7) is 2.13. The van der Waals surface area contributed by atoms with Crippen molar-refractivity contribution in [1.82, 2.24) is 19.9 Å². The molecule has 2 aromatic heterocycles. The van der Waals surface area contributed by atoms with Gasteiger partial charge in [-0.1, -0.05) is 31.2 Å². The smallest absolute Gasteiger partial charge is 0.220 e. The van der Waals surface area contributed by atoms with Crippen LogP contribution in [0, 0.1) is 0 Å². The van der Waals surface area contributed by atoms with Gasteiger partial charge in [0.05, 0.1) is 11.3 Å². The van der Waals surface area contributed by atoms with Gasteiger partial charge in [0.25, 0.3) is 0 Å². The van der Waals surface area contributed by atoms with E-state index in [-0.39, 0.29) is 5.95 Å². The second-order valence-corrected chi connectivity index (χ2v) is 4.48. The number of H-pyrrole nitrogens is 1. The molecule has 0 bridgehead atoms. The quantitative estimate of drug-likeness (QED) is 0.763. The molecule has 3 N–H and O–H groups in total. The summed E-state index contributed by atoms with van der Waals surface area (Å²) in [4.78, 5) is 15.8. The molecule has 0 aliphatic heterocycles. The van der Waals surface area contributed by atoms with Gasteiger partial charge in [-0.15, -0.1) is 0 Å². The van der Waals surface area contributed by atoms with E-state index < -0.39 is 0 Å². The Bertz CT molecular complexity index is 702. The fourth-order valence-electron chi connectivity index (χ4n) is 2.10. The number of hydrogen-bond acceptors (Lipinski definition) is 4. The average Bonchev–Trinajstić information content (AvgIpc) is 3.01. The normalized spacial score (nSPS) is 10.7. The molecule has 0 spiro atoms. The Morgan fingerprint density at radius 3 is 2.60 bits per heavy atom. The molecule has 5 nitrogen and oxygen atoms in total. The zero-order valence-corrected chi connectivity index (χ0v) is 11.2. The van der Waals surface area contributed by atoms with Crippen molar-refractivity contribution in [3.63, 3.8) is 0 Å². The third-order valence-corrected chi connectivity index (χ3v) is 3.20. The van der Waals surface area contributed by atoms with Gasteiger partial charge in [0.15, 0.2) is 0 Å². The molecule has 0 aliphatic rings. The summed E-state index contributed by atoms with van der Waals surface area (Å²) < 4.78 is 0. The number of benzene rings is 1. The van der Waals surface area contributed by atoms with E-state index in [0.29, 0.717) is 0 Å². The van der Waals surface area contributed by atoms with Gasteiger partial charge in [0.1, 0.15) is 5.82 Å². The Kier molecular flexibility index (Phi) is 3.16. The van der Waals surface area contributed by atoms with Gasteiger partial charge in [-0.3, -0.25) is 0 Å². The van der Waals surface area contributed by atoms with E-state index in [0.717, 1.165) is 29.1 Å². The summed E-state index contributed by atoms with van der Waals surface area (Å²) in [6.07, 6.45) is 6.19. The lowest BCUT2D eigenvalue weighted by molar-refractivity contribution is 1.14. The van der Waals surface area contributed by atoms with Crippen LogP contribution in [-0.2, 0) is 6.42 Å². The largest absolute Gasteiger partial charge is 0.368 e. The summed E-state index contributed by atoms with van der Waals surface area (Å²) in [6, 6.07) is 8.29. The number of nitrogen functional groups attached to an aromatic ring is 1. The van der Waals surface area contributed by atoms with E-state index in [9.17, 15) is 0 Å². The lowest BCUT2D eigenvalue weighted by Gasteiger charge is -2.08. The van der Waals surface area contributed by atoms with E-state index >= 15 is 0 Å². The maximum Gasteiger partial charge on any atom is 0.220 e. The van der Waals surface area contributed by atoms with E-state index in [4.69, 9.17) is 5.73 Å². The van der Waals surface area contributed by atoms with E-state index in [1.54, 1.807) is 18.6 Å². The van der Waals surface area contributed by atoms with Crippen molar-refractivity contribution in [2.24, 2.45) is 0 Å². The highest BCUT2D eigenvalue weighted by Crippen LogP contribution is 2.28. The molecular weight excluding hydrogens is 250 g/mol. The second kappa shape index (κ2) is 5.13. The predicted molar refractivity (Wildman–Crippen MR) is 78.8 cm³/mol. The third-order valence-electron chi connectivity index (χ3n) is 3.20. The molecule has 0 saturated heterocycles. The molecule has 0 fully saturated rings. The van der Waals surface area contributed by atoms with Crippen LogP contribution < -0.4 is 5.73 Å². The zero-order valence-electron chi connectivity index (χ0n) is 11.2. The van der Waals surface area contributed by atoms with Gasteiger partial charge in [0, 0.05) is 24.2 Å². The van der Waals surface area contributed by atoms with Crippen molar-refractivity contribution >= 4 is 5.95 Å². The zero-order chi connectivity index (χ0) is 13.9. The van der Waals surface area contributed by atoms with Crippen LogP contribution in [-0.4, -0.2) is 19.9 Å². The van der Waals surface area contributed by atoms with Crippen LogP contribution in [0.5, 0.6) is 0 Å². The van der Waals surface area contributed by atoms with E-state index in [1.165, 1.54) is 5.56 Å². The minimum atomic E-state index is 0.259. The number of nitrogens with two attached hydrogens (primary N) is 1. The lowest BCUT2D eigenvalue weighted by Crippen LogP contribution is -1.99. The summed E-state index contributed by atoms with van der Waals surface area (Å²) in [5.41, 5.74) is 9.64. The van der Waals surface area contributed by atoms with Crippen molar-refractivity contribution < 1.29 is 0 Å². The molecule has 0 radical (unpaired) electrons. The monoisotopic (exact) mass is 265 g/mol. The maximum atomic E-state index is 5.72. The molecule has 3 rings (SSSR count). The number of aromatic amines is 1. The molecular formula is C15H15N5. The van der Waals surface area contributed by atoms with Crippen LogP contribution in [0.1, 0.15) is 12.5 Å². The highest BCUT2D eigenvalue weighted by molar-refractivity contribution is 5.77. The standard InChI is InChI=1S/C15H15N5/c1-2-10-3-5-11(6-4-10)13-12(9-19-15(16)20-13)14-17-7-8-18-14/h3-9H,2H2,1H3,(H,17,18)(H2,16,19,20). The van der Waals surface area contributed by atoms with Gasteiger partial charge in [-0.2, -0.15) is 0 Å². The highest BCUT2D eigenvalue weighted by Gasteiger charge is 2.12. The van der Waals surface area contributed by atoms with Gasteiger partial charge < -0.3 is 10.7 Å². The Morgan fingerprint density at radius 2 is 1.95 bits per heavy atom. The Labute approximate surface area is 116 Å². The molecule has 3 aromatic rings. The highest BCUT2D eigenvalue weighted by atomic mass is 15.0. The Hall–Kier alpha value is -2.69. The van der Waals surface area contributed by atoms with Crippen LogP contribution >= 0.6 is 0 Å². The van der Waals surface area contributed by atoms with Crippen LogP contribution in [0.15, 0.2) is 42.9 Å². The summed E-state index contributed by atoms with van der Waals surface area (Å²) in [7, 11) is 0. The van der Waals surface area contributed by atoms with Crippen molar-refractivity contribution in [3.8, 4) is 22.6 Å². The first kappa shape index (κ1) is 12.3. The van der Waals surface area contributed by atoms with Gasteiger partial charge in [0.2, 0.25) is 5.95 Å². The molecule has 20 heavy (non-hydrogen) atoms. The minimum absolute atomic E-state index is 0.259. The molecule has 1 aromatic carbocycles. The summed E-state index contributed by atoms with van der Waals surface area (Å²) in [5, 5.41) is 0. The van der Waals surface area contributed by atoms with E-state index in [1.807, 2.05) is 12.1 Å². The number of aromatic nitrogens is 4. The third kappa shape index (κ3) is 2.25. The fourth-order valence-corrected chi connectivity index (χ4v) is 2.10. The SMILES string of the molecule is CCc1ccc(-c2nc(N)ncc2-c2ncc[nH]2)cc1. The lowest BCUT2D eigenvalue weighted by atomic mass is 10.0. The fraction of sp³-hybridized carbons (Fsp3) is 0.133. The molecule has 2 heterocycles. The van der Waals surface area contributed by atoms with Crippen molar-refractivity contribution in [1.29, 1.82) is 0 Å². The second-order valence-electron chi connectivity index (χ2n) is 4.48. The molecule has 0 atom stereocenters. The molecule has 0 aliphatic carbocycles. The molecule has 100 valence electrons. The number of nitrogens with one attached hydrogen (secondary N) is 1. The van der Waals surface area contributed by atoms with Crippen molar-refractivity contribution in [2.75, 3.05) is 5.73 Å². The molecule has 0 saturated carbocycles.